The van der Waals surface area contributed by atoms with E-state index in [0.29, 0.717) is 12.8 Å². The van der Waals surface area contributed by atoms with Gasteiger partial charge in [-0.25, -0.2) is 0 Å². The van der Waals surface area contributed by atoms with E-state index in [1.807, 2.05) is 13.8 Å². The van der Waals surface area contributed by atoms with E-state index >= 15 is 0 Å². The largest absolute Gasteiger partial charge is 0.469 e. The van der Waals surface area contributed by atoms with Crippen LogP contribution in [0.4, 0.5) is 0 Å². The number of methoxy groups -OCH3 is 1. The van der Waals surface area contributed by atoms with Gasteiger partial charge in [0.25, 0.3) is 0 Å². The lowest BCUT2D eigenvalue weighted by Crippen LogP contribution is -2.44. The zero-order valence-corrected chi connectivity index (χ0v) is 9.80. The molecular weight excluding hydrogens is 212 g/mol. The first-order valence-electron chi connectivity index (χ1n) is 5.54. The van der Waals surface area contributed by atoms with Gasteiger partial charge < -0.3 is 19.3 Å². The summed E-state index contributed by atoms with van der Waals surface area (Å²) in [5.74, 6) is -1.26. The smallest absolute Gasteiger partial charge is 0.308 e. The van der Waals surface area contributed by atoms with E-state index in [1.54, 1.807) is 0 Å². The lowest BCUT2D eigenvalue weighted by molar-refractivity contribution is -0.153. The Balaban J connectivity index is 2.07. The van der Waals surface area contributed by atoms with Crippen LogP contribution in [0.25, 0.3) is 0 Å². The molecule has 0 aromatic rings. The Hall–Kier alpha value is -0.650. The van der Waals surface area contributed by atoms with E-state index in [9.17, 15) is 9.90 Å². The molecular formula is C11H18O5. The Morgan fingerprint density at radius 3 is 2.69 bits per heavy atom. The molecule has 0 aromatic heterocycles. The zero-order chi connectivity index (χ0) is 11.9. The molecule has 0 radical (unpaired) electrons. The molecule has 0 spiro atoms. The van der Waals surface area contributed by atoms with E-state index in [1.165, 1.54) is 7.11 Å². The molecule has 4 atom stereocenters. The molecule has 5 heteroatoms. The lowest BCUT2D eigenvalue weighted by Gasteiger charge is -2.31. The van der Waals surface area contributed by atoms with Gasteiger partial charge in [-0.15, -0.1) is 0 Å². The molecule has 1 heterocycles. The number of aliphatic hydroxyl groups is 1. The number of fused-ring (bicyclic) bond motifs is 1. The van der Waals surface area contributed by atoms with Crippen LogP contribution in [-0.2, 0) is 19.0 Å². The first-order valence-corrected chi connectivity index (χ1v) is 5.54. The maximum absolute atomic E-state index is 11.4. The molecule has 1 aliphatic heterocycles. The normalized spacial score (nSPS) is 41.5. The molecule has 1 saturated carbocycles. The van der Waals surface area contributed by atoms with Crippen LogP contribution in [0.5, 0.6) is 0 Å². The molecule has 16 heavy (non-hydrogen) atoms. The third-order valence-electron chi connectivity index (χ3n) is 3.18. The molecule has 2 fully saturated rings. The first kappa shape index (κ1) is 11.8. The van der Waals surface area contributed by atoms with E-state index in [-0.39, 0.29) is 24.1 Å². The minimum atomic E-state index is -0.679. The van der Waals surface area contributed by atoms with Crippen molar-refractivity contribution in [2.24, 2.45) is 5.92 Å². The van der Waals surface area contributed by atoms with Crippen molar-refractivity contribution in [3.63, 3.8) is 0 Å². The summed E-state index contributed by atoms with van der Waals surface area (Å²) in [6, 6.07) is 0. The highest BCUT2D eigenvalue weighted by atomic mass is 16.8. The van der Waals surface area contributed by atoms with Crippen LogP contribution in [0.3, 0.4) is 0 Å². The topological polar surface area (TPSA) is 65.0 Å². The molecule has 0 aromatic carbocycles. The Morgan fingerprint density at radius 2 is 2.06 bits per heavy atom. The highest BCUT2D eigenvalue weighted by Crippen LogP contribution is 2.39. The van der Waals surface area contributed by atoms with Gasteiger partial charge in [0, 0.05) is 0 Å². The van der Waals surface area contributed by atoms with Crippen molar-refractivity contribution >= 4 is 5.97 Å². The molecule has 0 bridgehead atoms. The van der Waals surface area contributed by atoms with Crippen molar-refractivity contribution in [3.8, 4) is 0 Å². The summed E-state index contributed by atoms with van der Waals surface area (Å²) in [7, 11) is 1.36. The Morgan fingerprint density at radius 1 is 1.38 bits per heavy atom. The molecule has 0 amide bonds. The van der Waals surface area contributed by atoms with Gasteiger partial charge in [0.15, 0.2) is 5.79 Å². The summed E-state index contributed by atoms with van der Waals surface area (Å²) in [5.41, 5.74) is 0. The van der Waals surface area contributed by atoms with Gasteiger partial charge in [0.05, 0.1) is 25.2 Å². The SMILES string of the molecule is COC(=O)[C@@H]1C[C@@H](O)[C@@H]2OC(C)(C)O[C@@H]2C1. The average Bonchev–Trinajstić information content (AvgIpc) is 2.52. The second kappa shape index (κ2) is 3.98. The van der Waals surface area contributed by atoms with Gasteiger partial charge in [-0.1, -0.05) is 0 Å². The van der Waals surface area contributed by atoms with Crippen LogP contribution in [0, 0.1) is 5.92 Å². The second-order valence-electron chi connectivity index (χ2n) is 4.90. The summed E-state index contributed by atoms with van der Waals surface area (Å²) < 4.78 is 16.0. The maximum Gasteiger partial charge on any atom is 0.308 e. The predicted molar refractivity (Wildman–Crippen MR) is 54.6 cm³/mol. The van der Waals surface area contributed by atoms with Gasteiger partial charge in [0.1, 0.15) is 6.10 Å². The Kier molecular flexibility index (Phi) is 2.94. The van der Waals surface area contributed by atoms with Gasteiger partial charge >= 0.3 is 5.97 Å². The van der Waals surface area contributed by atoms with Crippen LogP contribution >= 0.6 is 0 Å². The van der Waals surface area contributed by atoms with Crippen molar-refractivity contribution in [2.45, 2.75) is 50.8 Å². The average molecular weight is 230 g/mol. The number of carbonyl (C=O) groups is 1. The Labute approximate surface area is 94.7 Å². The second-order valence-corrected chi connectivity index (χ2v) is 4.90. The number of hydrogen-bond donors (Lipinski definition) is 1. The quantitative estimate of drug-likeness (QED) is 0.662. The number of rotatable bonds is 1. The highest BCUT2D eigenvalue weighted by molar-refractivity contribution is 5.72. The molecule has 5 nitrogen and oxygen atoms in total. The zero-order valence-electron chi connectivity index (χ0n) is 9.80. The summed E-state index contributed by atoms with van der Waals surface area (Å²) in [5, 5.41) is 9.91. The van der Waals surface area contributed by atoms with Crippen LogP contribution < -0.4 is 0 Å². The number of hydrogen-bond acceptors (Lipinski definition) is 5. The molecule has 1 saturated heterocycles. The minimum absolute atomic E-state index is 0.220. The van der Waals surface area contributed by atoms with Crippen molar-refractivity contribution in [3.05, 3.63) is 0 Å². The van der Waals surface area contributed by atoms with Crippen LogP contribution in [0.1, 0.15) is 26.7 Å². The summed E-state index contributed by atoms with van der Waals surface area (Å²) in [4.78, 5) is 11.4. The number of carbonyl (C=O) groups excluding carboxylic acids is 1. The van der Waals surface area contributed by atoms with Gasteiger partial charge in [-0.3, -0.25) is 4.79 Å². The Bertz CT molecular complexity index is 288. The summed E-state index contributed by atoms with van der Waals surface area (Å²) in [6.45, 7) is 3.62. The van der Waals surface area contributed by atoms with Gasteiger partial charge in [0.2, 0.25) is 0 Å². The number of esters is 1. The molecule has 92 valence electrons. The molecule has 1 N–H and O–H groups in total. The number of aliphatic hydroxyl groups excluding tert-OH is 1. The third kappa shape index (κ3) is 2.07. The van der Waals surface area contributed by atoms with Gasteiger partial charge in [-0.05, 0) is 26.7 Å². The fourth-order valence-corrected chi connectivity index (χ4v) is 2.53. The highest BCUT2D eigenvalue weighted by Gasteiger charge is 2.50. The summed E-state index contributed by atoms with van der Waals surface area (Å²) in [6.07, 6.45) is -0.270. The van der Waals surface area contributed by atoms with E-state index in [4.69, 9.17) is 14.2 Å². The predicted octanol–water partition coefficient (Wildman–Crippen LogP) is 0.450. The fraction of sp³-hybridized carbons (Fsp3) is 0.909. The molecule has 0 unspecified atom stereocenters. The minimum Gasteiger partial charge on any atom is -0.469 e. The van der Waals surface area contributed by atoms with Crippen LogP contribution in [0.2, 0.25) is 0 Å². The fourth-order valence-electron chi connectivity index (χ4n) is 2.53. The first-order chi connectivity index (χ1) is 7.43. The third-order valence-corrected chi connectivity index (χ3v) is 3.18. The maximum atomic E-state index is 11.4. The number of ether oxygens (including phenoxy) is 3. The van der Waals surface area contributed by atoms with Crippen molar-refractivity contribution in [2.75, 3.05) is 7.11 Å². The van der Waals surface area contributed by atoms with Crippen molar-refractivity contribution < 1.29 is 24.1 Å². The standard InChI is InChI=1S/C11H18O5/c1-11(2)15-8-5-6(10(13)14-3)4-7(12)9(8)16-11/h6-9,12H,4-5H2,1-3H3/t6-,7-,8-,9+/m1/s1. The molecule has 2 rings (SSSR count). The lowest BCUT2D eigenvalue weighted by atomic mass is 9.83. The van der Waals surface area contributed by atoms with E-state index in [2.05, 4.69) is 0 Å². The van der Waals surface area contributed by atoms with Crippen molar-refractivity contribution in [1.29, 1.82) is 0 Å². The van der Waals surface area contributed by atoms with Crippen LogP contribution in [-0.4, -0.2) is 42.3 Å². The molecule has 1 aliphatic carbocycles. The van der Waals surface area contributed by atoms with E-state index < -0.39 is 11.9 Å². The van der Waals surface area contributed by atoms with E-state index in [0.717, 1.165) is 0 Å². The molecule has 2 aliphatic rings. The van der Waals surface area contributed by atoms with Gasteiger partial charge in [-0.2, -0.15) is 0 Å². The van der Waals surface area contributed by atoms with Crippen LogP contribution in [0.15, 0.2) is 0 Å². The van der Waals surface area contributed by atoms with Crippen molar-refractivity contribution in [1.82, 2.24) is 0 Å². The summed E-state index contributed by atoms with van der Waals surface area (Å²) >= 11 is 0. The monoisotopic (exact) mass is 230 g/mol.